The summed E-state index contributed by atoms with van der Waals surface area (Å²) in [4.78, 5) is 24.9. The molecular formula is C30H35F3N6O2. The molecule has 8 nitrogen and oxygen atoms in total. The number of hydrogen-bond donors (Lipinski definition) is 0. The lowest BCUT2D eigenvalue weighted by molar-refractivity contribution is -0.137. The molecular weight excluding hydrogens is 533 g/mol. The third-order valence-electron chi connectivity index (χ3n) is 8.44. The minimum Gasteiger partial charge on any atom is -0.475 e. The van der Waals surface area contributed by atoms with Crippen molar-refractivity contribution in [3.8, 4) is 11.9 Å². The first kappa shape index (κ1) is 28.7. The maximum absolute atomic E-state index is 13.9. The van der Waals surface area contributed by atoms with Crippen LogP contribution in [-0.2, 0) is 23.9 Å². The third-order valence-corrected chi connectivity index (χ3v) is 8.44. The van der Waals surface area contributed by atoms with Crippen molar-refractivity contribution in [2.24, 2.45) is 0 Å². The highest BCUT2D eigenvalue weighted by Crippen LogP contribution is 2.41. The summed E-state index contributed by atoms with van der Waals surface area (Å²) in [5.74, 6) is 0.0721. The molecule has 5 rings (SSSR count). The quantitative estimate of drug-likeness (QED) is 0.483. The maximum Gasteiger partial charge on any atom is 0.418 e. The molecule has 0 saturated carbocycles. The molecule has 0 N–H and O–H groups in total. The number of ether oxygens (including phenoxy) is 1. The second kappa shape index (κ2) is 11.6. The van der Waals surface area contributed by atoms with Gasteiger partial charge in [0.05, 0.1) is 23.5 Å². The van der Waals surface area contributed by atoms with E-state index in [2.05, 4.69) is 22.4 Å². The van der Waals surface area contributed by atoms with Crippen LogP contribution in [-0.4, -0.2) is 79.2 Å². The minimum atomic E-state index is -4.49. The number of piperazine rings is 1. The number of anilines is 2. The summed E-state index contributed by atoms with van der Waals surface area (Å²) < 4.78 is 47.8. The summed E-state index contributed by atoms with van der Waals surface area (Å²) in [5.41, 5.74) is 1.93. The first-order valence-corrected chi connectivity index (χ1v) is 14.0. The topological polar surface area (TPSA) is 75.9 Å². The molecule has 2 aromatic rings. The fraction of sp³-hybridized carbons (Fsp3) is 0.500. The smallest absolute Gasteiger partial charge is 0.418 e. The average molecular weight is 569 g/mol. The van der Waals surface area contributed by atoms with Crippen LogP contribution in [0.15, 0.2) is 36.9 Å². The summed E-state index contributed by atoms with van der Waals surface area (Å²) in [5, 5.41) is 10.4. The van der Waals surface area contributed by atoms with Gasteiger partial charge in [-0.3, -0.25) is 4.79 Å². The summed E-state index contributed by atoms with van der Waals surface area (Å²) in [6.45, 7) is 8.86. The summed E-state index contributed by atoms with van der Waals surface area (Å²) in [7, 11) is 2.04. The lowest BCUT2D eigenvalue weighted by Crippen LogP contribution is -2.54. The van der Waals surface area contributed by atoms with E-state index in [4.69, 9.17) is 9.72 Å². The highest BCUT2D eigenvalue weighted by molar-refractivity contribution is 5.87. The van der Waals surface area contributed by atoms with E-state index in [1.165, 1.54) is 18.2 Å². The molecule has 2 fully saturated rings. The molecule has 2 saturated heterocycles. The van der Waals surface area contributed by atoms with Crippen molar-refractivity contribution in [1.29, 1.82) is 5.26 Å². The number of halogens is 3. The van der Waals surface area contributed by atoms with Crippen LogP contribution in [0.2, 0.25) is 0 Å². The van der Waals surface area contributed by atoms with Crippen molar-refractivity contribution < 1.29 is 22.7 Å². The van der Waals surface area contributed by atoms with Crippen LogP contribution in [0.4, 0.5) is 24.5 Å². The molecule has 3 aliphatic rings. The Balaban J connectivity index is 1.53. The number of para-hydroxylation sites is 1. The fourth-order valence-corrected chi connectivity index (χ4v) is 6.25. The number of fused-ring (bicyclic) bond motifs is 1. The summed E-state index contributed by atoms with van der Waals surface area (Å²) >= 11 is 0. The molecule has 0 bridgehead atoms. The average Bonchev–Trinajstić information content (AvgIpc) is 3.38. The van der Waals surface area contributed by atoms with Crippen LogP contribution >= 0.6 is 0 Å². The van der Waals surface area contributed by atoms with Gasteiger partial charge in [-0.1, -0.05) is 18.7 Å². The van der Waals surface area contributed by atoms with Gasteiger partial charge in [0.15, 0.2) is 0 Å². The zero-order chi connectivity index (χ0) is 29.3. The van der Waals surface area contributed by atoms with Crippen LogP contribution in [0.3, 0.4) is 0 Å². The standard InChI is InChI=1S/C30H35F3N6O2/c1-4-27(40)39-15-14-38(17-20(39)2)28-22-11-13-37(26-10-6-5-9-24(26)30(31,32)33)18-25(22)35-29(23(28)16-34)41-19-21-8-7-12-36(21)3/h4-6,9-10,20-21H,1,7-8,11-15,17-19H2,2-3H3/t20-,21+/m1/s1. The molecule has 2 atom stereocenters. The van der Waals surface area contributed by atoms with E-state index in [1.807, 2.05) is 14.0 Å². The Morgan fingerprint density at radius 2 is 2.00 bits per heavy atom. The number of aromatic nitrogens is 1. The van der Waals surface area contributed by atoms with Crippen LogP contribution in [0.25, 0.3) is 0 Å². The van der Waals surface area contributed by atoms with Crippen LogP contribution in [0.1, 0.15) is 42.1 Å². The van der Waals surface area contributed by atoms with Gasteiger partial charge in [-0.2, -0.15) is 18.4 Å². The van der Waals surface area contributed by atoms with Gasteiger partial charge < -0.3 is 24.3 Å². The number of likely N-dealkylation sites (tertiary alicyclic amines) is 1. The van der Waals surface area contributed by atoms with Gasteiger partial charge in [0.2, 0.25) is 11.8 Å². The summed E-state index contributed by atoms with van der Waals surface area (Å²) in [6.07, 6.45) is -0.710. The number of pyridine rings is 1. The molecule has 41 heavy (non-hydrogen) atoms. The van der Waals surface area contributed by atoms with Gasteiger partial charge in [0.1, 0.15) is 18.2 Å². The monoisotopic (exact) mass is 568 g/mol. The SMILES string of the molecule is C=CC(=O)N1CCN(c2c(C#N)c(OC[C@@H]3CCCN3C)nc3c2CCN(c2ccccc2C(F)(F)F)C3)C[C@H]1C. The van der Waals surface area contributed by atoms with Crippen LogP contribution in [0, 0.1) is 11.3 Å². The number of nitrogens with zero attached hydrogens (tertiary/aromatic N) is 6. The molecule has 1 amide bonds. The van der Waals surface area contributed by atoms with Gasteiger partial charge in [0.25, 0.3) is 0 Å². The molecule has 0 unspecified atom stereocenters. The van der Waals surface area contributed by atoms with Gasteiger partial charge in [-0.15, -0.1) is 0 Å². The number of likely N-dealkylation sites (N-methyl/N-ethyl adjacent to an activating group) is 1. The number of hydrogen-bond acceptors (Lipinski definition) is 7. The van der Waals surface area contributed by atoms with E-state index in [0.717, 1.165) is 31.0 Å². The Morgan fingerprint density at radius 1 is 1.22 bits per heavy atom. The van der Waals surface area contributed by atoms with E-state index in [1.54, 1.807) is 15.9 Å². The molecule has 1 aromatic heterocycles. The van der Waals surface area contributed by atoms with E-state index >= 15 is 0 Å². The molecule has 0 spiro atoms. The molecule has 3 aliphatic heterocycles. The maximum atomic E-state index is 13.9. The van der Waals surface area contributed by atoms with Crippen molar-refractivity contribution in [3.63, 3.8) is 0 Å². The molecule has 0 aliphatic carbocycles. The molecule has 218 valence electrons. The Kier molecular flexibility index (Phi) is 8.13. The van der Waals surface area contributed by atoms with E-state index < -0.39 is 11.7 Å². The van der Waals surface area contributed by atoms with Gasteiger partial charge in [-0.05, 0) is 58.0 Å². The van der Waals surface area contributed by atoms with E-state index in [0.29, 0.717) is 56.2 Å². The van der Waals surface area contributed by atoms with Gasteiger partial charge in [0, 0.05) is 49.5 Å². The van der Waals surface area contributed by atoms with Crippen LogP contribution in [0.5, 0.6) is 5.88 Å². The van der Waals surface area contributed by atoms with E-state index in [-0.39, 0.29) is 36.1 Å². The lowest BCUT2D eigenvalue weighted by atomic mass is 9.96. The number of carbonyl (C=O) groups is 1. The van der Waals surface area contributed by atoms with Crippen molar-refractivity contribution in [3.05, 3.63) is 59.3 Å². The largest absolute Gasteiger partial charge is 0.475 e. The van der Waals surface area contributed by atoms with E-state index in [9.17, 15) is 23.2 Å². The lowest BCUT2D eigenvalue weighted by Gasteiger charge is -2.42. The first-order chi connectivity index (χ1) is 19.6. The number of nitriles is 1. The normalized spacial score (nSPS) is 21.4. The second-order valence-electron chi connectivity index (χ2n) is 11.0. The molecule has 11 heteroatoms. The zero-order valence-electron chi connectivity index (χ0n) is 23.5. The van der Waals surface area contributed by atoms with Gasteiger partial charge in [-0.25, -0.2) is 4.98 Å². The highest BCUT2D eigenvalue weighted by atomic mass is 19.4. The Hall–Kier alpha value is -3.78. The molecule has 4 heterocycles. The number of rotatable bonds is 6. The predicted octanol–water partition coefficient (Wildman–Crippen LogP) is 4.23. The molecule has 0 radical (unpaired) electrons. The van der Waals surface area contributed by atoms with Crippen LogP contribution < -0.4 is 14.5 Å². The minimum absolute atomic E-state index is 0.110. The van der Waals surface area contributed by atoms with Crippen molar-refractivity contribution in [1.82, 2.24) is 14.8 Å². The third kappa shape index (κ3) is 5.71. The zero-order valence-corrected chi connectivity index (χ0v) is 23.5. The number of benzene rings is 1. The predicted molar refractivity (Wildman–Crippen MR) is 150 cm³/mol. The van der Waals surface area contributed by atoms with Crippen molar-refractivity contribution in [2.45, 2.75) is 51.0 Å². The second-order valence-corrected chi connectivity index (χ2v) is 11.0. The van der Waals surface area contributed by atoms with Gasteiger partial charge >= 0.3 is 6.18 Å². The van der Waals surface area contributed by atoms with Crippen molar-refractivity contribution >= 4 is 17.3 Å². The number of amides is 1. The first-order valence-electron chi connectivity index (χ1n) is 14.0. The fourth-order valence-electron chi connectivity index (χ4n) is 6.25. The highest BCUT2D eigenvalue weighted by Gasteiger charge is 2.37. The number of carbonyl (C=O) groups excluding carboxylic acids is 1. The summed E-state index contributed by atoms with van der Waals surface area (Å²) in [6, 6.07) is 7.99. The number of alkyl halides is 3. The Bertz CT molecular complexity index is 1360. The molecule has 1 aromatic carbocycles. The Morgan fingerprint density at radius 3 is 2.66 bits per heavy atom. The Labute approximate surface area is 238 Å². The van der Waals surface area contributed by atoms with Crippen molar-refractivity contribution in [2.75, 3.05) is 56.2 Å².